The molecular formula is C18H26Cl2N2O. The van der Waals surface area contributed by atoms with Gasteiger partial charge in [0, 0.05) is 17.6 Å². The van der Waals surface area contributed by atoms with E-state index in [2.05, 4.69) is 16.7 Å². The van der Waals surface area contributed by atoms with Crippen LogP contribution in [0.3, 0.4) is 0 Å². The molecule has 1 aliphatic heterocycles. The zero-order chi connectivity index (χ0) is 15.4. The van der Waals surface area contributed by atoms with Gasteiger partial charge in [0.05, 0.1) is 5.41 Å². The molecular weight excluding hydrogens is 331 g/mol. The zero-order valence-corrected chi connectivity index (χ0v) is 15.0. The van der Waals surface area contributed by atoms with Gasteiger partial charge in [-0.25, -0.2) is 0 Å². The number of carbonyl (C=O) groups is 1. The summed E-state index contributed by atoms with van der Waals surface area (Å²) in [5.41, 5.74) is 0.939. The van der Waals surface area contributed by atoms with Crippen LogP contribution < -0.4 is 10.6 Å². The fourth-order valence-electron chi connectivity index (χ4n) is 3.89. The van der Waals surface area contributed by atoms with Gasteiger partial charge in [-0.1, -0.05) is 36.6 Å². The molecule has 0 aromatic heterocycles. The van der Waals surface area contributed by atoms with Crippen molar-refractivity contribution in [2.45, 2.75) is 51.0 Å². The first-order valence-corrected chi connectivity index (χ1v) is 8.82. The van der Waals surface area contributed by atoms with Crippen molar-refractivity contribution in [3.05, 3.63) is 34.9 Å². The summed E-state index contributed by atoms with van der Waals surface area (Å²) in [5.74, 6) is 0.249. The summed E-state index contributed by atoms with van der Waals surface area (Å²) in [5, 5.41) is 7.42. The molecule has 2 aliphatic rings. The summed E-state index contributed by atoms with van der Waals surface area (Å²) in [6.07, 6.45) is 7.32. The Kier molecular flexibility index (Phi) is 6.75. The number of hydrogen-bond donors (Lipinski definition) is 2. The summed E-state index contributed by atoms with van der Waals surface area (Å²) in [6.45, 7) is 1.97. The predicted molar refractivity (Wildman–Crippen MR) is 97.3 cm³/mol. The van der Waals surface area contributed by atoms with Crippen LogP contribution in [-0.2, 0) is 11.2 Å². The van der Waals surface area contributed by atoms with Crippen molar-refractivity contribution in [1.82, 2.24) is 10.6 Å². The van der Waals surface area contributed by atoms with Gasteiger partial charge in [-0.05, 0) is 56.3 Å². The van der Waals surface area contributed by atoms with Crippen molar-refractivity contribution in [1.29, 1.82) is 0 Å². The van der Waals surface area contributed by atoms with Crippen molar-refractivity contribution in [2.24, 2.45) is 5.41 Å². The molecule has 2 fully saturated rings. The Bertz CT molecular complexity index is 524. The lowest BCUT2D eigenvalue weighted by atomic mass is 9.78. The number of carbonyl (C=O) groups excluding carboxylic acids is 1. The topological polar surface area (TPSA) is 41.1 Å². The first-order valence-electron chi connectivity index (χ1n) is 8.44. The van der Waals surface area contributed by atoms with E-state index in [0.717, 1.165) is 63.1 Å². The third-order valence-electron chi connectivity index (χ3n) is 5.11. The lowest BCUT2D eigenvalue weighted by Crippen LogP contribution is -2.50. The maximum atomic E-state index is 13.0. The molecule has 1 unspecified atom stereocenters. The quantitative estimate of drug-likeness (QED) is 0.862. The molecule has 3 nitrogen and oxygen atoms in total. The Morgan fingerprint density at radius 2 is 2.09 bits per heavy atom. The molecule has 2 N–H and O–H groups in total. The molecule has 1 aromatic rings. The average molecular weight is 357 g/mol. The highest BCUT2D eigenvalue weighted by molar-refractivity contribution is 6.30. The maximum absolute atomic E-state index is 13.0. The van der Waals surface area contributed by atoms with E-state index in [-0.39, 0.29) is 29.8 Å². The van der Waals surface area contributed by atoms with Crippen LogP contribution in [0.25, 0.3) is 0 Å². The van der Waals surface area contributed by atoms with Gasteiger partial charge >= 0.3 is 0 Å². The Morgan fingerprint density at radius 3 is 2.74 bits per heavy atom. The van der Waals surface area contributed by atoms with E-state index in [4.69, 9.17) is 11.6 Å². The van der Waals surface area contributed by atoms with Crippen molar-refractivity contribution < 1.29 is 4.79 Å². The Morgan fingerprint density at radius 1 is 1.30 bits per heavy atom. The number of rotatable bonds is 4. The monoisotopic (exact) mass is 356 g/mol. The molecule has 0 radical (unpaired) electrons. The third kappa shape index (κ3) is 4.62. The van der Waals surface area contributed by atoms with Gasteiger partial charge in [-0.3, -0.25) is 4.79 Å². The van der Waals surface area contributed by atoms with Gasteiger partial charge in [0.15, 0.2) is 0 Å². The maximum Gasteiger partial charge on any atom is 0.226 e. The fourth-order valence-corrected chi connectivity index (χ4v) is 4.10. The normalized spacial score (nSPS) is 23.1. The molecule has 1 amide bonds. The summed E-state index contributed by atoms with van der Waals surface area (Å²) in [6, 6.07) is 8.24. The molecule has 0 bridgehead atoms. The highest BCUT2D eigenvalue weighted by atomic mass is 35.5. The Labute approximate surface area is 150 Å². The van der Waals surface area contributed by atoms with Gasteiger partial charge in [0.1, 0.15) is 0 Å². The first kappa shape index (κ1) is 18.6. The van der Waals surface area contributed by atoms with Gasteiger partial charge in [-0.15, -0.1) is 12.4 Å². The molecule has 1 aromatic carbocycles. The van der Waals surface area contributed by atoms with Crippen LogP contribution in [0.1, 0.15) is 44.1 Å². The number of amides is 1. The number of benzene rings is 1. The van der Waals surface area contributed by atoms with Crippen LogP contribution in [0.15, 0.2) is 24.3 Å². The highest BCUT2D eigenvalue weighted by Crippen LogP contribution is 2.41. The summed E-state index contributed by atoms with van der Waals surface area (Å²) < 4.78 is 0. The van der Waals surface area contributed by atoms with E-state index in [0.29, 0.717) is 0 Å². The molecule has 5 heteroatoms. The van der Waals surface area contributed by atoms with Crippen LogP contribution in [0.4, 0.5) is 0 Å². The van der Waals surface area contributed by atoms with Crippen molar-refractivity contribution in [3.8, 4) is 0 Å². The zero-order valence-electron chi connectivity index (χ0n) is 13.4. The Hall–Kier alpha value is -0.770. The van der Waals surface area contributed by atoms with Crippen LogP contribution >= 0.6 is 24.0 Å². The van der Waals surface area contributed by atoms with Gasteiger partial charge < -0.3 is 10.6 Å². The third-order valence-corrected chi connectivity index (χ3v) is 5.34. The van der Waals surface area contributed by atoms with Gasteiger partial charge in [0.2, 0.25) is 5.91 Å². The fraction of sp³-hybridized carbons (Fsp3) is 0.611. The van der Waals surface area contributed by atoms with E-state index in [1.54, 1.807) is 0 Å². The largest absolute Gasteiger partial charge is 0.352 e. The summed E-state index contributed by atoms with van der Waals surface area (Å²) in [7, 11) is 0. The summed E-state index contributed by atoms with van der Waals surface area (Å²) in [4.78, 5) is 13.0. The molecule has 23 heavy (non-hydrogen) atoms. The van der Waals surface area contributed by atoms with Gasteiger partial charge in [-0.2, -0.15) is 0 Å². The lowest BCUT2D eigenvalue weighted by molar-refractivity contribution is -0.131. The van der Waals surface area contributed by atoms with E-state index >= 15 is 0 Å². The number of halogens is 2. The molecule has 1 atom stereocenters. The second kappa shape index (κ2) is 8.36. The minimum absolute atomic E-state index is 0. The van der Waals surface area contributed by atoms with Crippen LogP contribution in [0.5, 0.6) is 0 Å². The molecule has 1 saturated heterocycles. The molecule has 1 saturated carbocycles. The van der Waals surface area contributed by atoms with Crippen molar-refractivity contribution in [3.63, 3.8) is 0 Å². The van der Waals surface area contributed by atoms with Crippen molar-refractivity contribution in [2.75, 3.05) is 13.1 Å². The Balaban J connectivity index is 0.00000192. The number of nitrogens with one attached hydrogen (secondary N) is 2. The standard InChI is InChI=1S/C18H25ClN2O.ClH/c19-15-6-3-5-14(11-15)12-18(8-1-2-9-18)17(22)21-16-7-4-10-20-13-16;/h3,5-6,11,16,20H,1-2,4,7-10,12-13H2,(H,21,22);1H. The molecule has 128 valence electrons. The smallest absolute Gasteiger partial charge is 0.226 e. The van der Waals surface area contributed by atoms with Crippen LogP contribution in [0.2, 0.25) is 5.02 Å². The predicted octanol–water partition coefficient (Wildman–Crippen LogP) is 3.73. The van der Waals surface area contributed by atoms with E-state index < -0.39 is 0 Å². The SMILES string of the molecule is Cl.O=C(NC1CCCNC1)C1(Cc2cccc(Cl)c2)CCCC1. The number of piperidine rings is 1. The summed E-state index contributed by atoms with van der Waals surface area (Å²) >= 11 is 6.10. The van der Waals surface area contributed by atoms with E-state index in [1.807, 2.05) is 18.2 Å². The minimum atomic E-state index is -0.234. The van der Waals surface area contributed by atoms with Crippen LogP contribution in [-0.4, -0.2) is 25.0 Å². The molecule has 0 spiro atoms. The minimum Gasteiger partial charge on any atom is -0.352 e. The van der Waals surface area contributed by atoms with Crippen LogP contribution in [0, 0.1) is 5.41 Å². The highest BCUT2D eigenvalue weighted by Gasteiger charge is 2.41. The average Bonchev–Trinajstić information content (AvgIpc) is 2.98. The van der Waals surface area contributed by atoms with Gasteiger partial charge in [0.25, 0.3) is 0 Å². The van der Waals surface area contributed by atoms with Crippen molar-refractivity contribution >= 4 is 29.9 Å². The number of hydrogen-bond acceptors (Lipinski definition) is 2. The first-order chi connectivity index (χ1) is 10.7. The lowest BCUT2D eigenvalue weighted by Gasteiger charge is -2.32. The molecule has 1 heterocycles. The van der Waals surface area contributed by atoms with E-state index in [9.17, 15) is 4.79 Å². The molecule has 3 rings (SSSR count). The molecule has 1 aliphatic carbocycles. The second-order valence-corrected chi connectivity index (χ2v) is 7.25. The second-order valence-electron chi connectivity index (χ2n) is 6.81. The van der Waals surface area contributed by atoms with E-state index in [1.165, 1.54) is 5.56 Å².